The number of rotatable bonds is 9. The molecule has 158 valence electrons. The fourth-order valence-corrected chi connectivity index (χ4v) is 4.53. The van der Waals surface area contributed by atoms with Crippen LogP contribution in [0.5, 0.6) is 0 Å². The maximum atomic E-state index is 6.10. The highest BCUT2D eigenvalue weighted by molar-refractivity contribution is 6.31. The largest absolute Gasteiger partial charge is 0.383 e. The van der Waals surface area contributed by atoms with E-state index in [4.69, 9.17) is 11.6 Å². The van der Waals surface area contributed by atoms with Gasteiger partial charge in [0.25, 0.3) is 0 Å². The molecule has 2 aromatic carbocycles. The molecule has 3 N–H and O–H groups in total. The average Bonchev–Trinajstić information content (AvgIpc) is 2.79. The van der Waals surface area contributed by atoms with Crippen LogP contribution in [0.25, 0.3) is 10.9 Å². The van der Waals surface area contributed by atoms with Crippen molar-refractivity contribution in [2.45, 2.75) is 31.7 Å². The highest BCUT2D eigenvalue weighted by atomic mass is 35.5. The van der Waals surface area contributed by atoms with E-state index >= 15 is 0 Å². The van der Waals surface area contributed by atoms with Crippen LogP contribution < -0.4 is 16.0 Å². The van der Waals surface area contributed by atoms with Gasteiger partial charge in [-0.25, -0.2) is 0 Å². The Morgan fingerprint density at radius 2 is 1.87 bits per heavy atom. The molecule has 4 nitrogen and oxygen atoms in total. The van der Waals surface area contributed by atoms with Crippen LogP contribution in [0, 0.1) is 5.92 Å². The van der Waals surface area contributed by atoms with Crippen LogP contribution in [0.15, 0.2) is 60.8 Å². The molecule has 0 radical (unpaired) electrons. The van der Waals surface area contributed by atoms with Gasteiger partial charge in [-0.15, -0.1) is 0 Å². The van der Waals surface area contributed by atoms with E-state index in [2.05, 4.69) is 51.3 Å². The molecule has 0 spiro atoms. The smallest absolute Gasteiger partial charge is 0.0737 e. The van der Waals surface area contributed by atoms with Gasteiger partial charge in [-0.1, -0.05) is 41.9 Å². The van der Waals surface area contributed by atoms with Crippen LogP contribution in [0.1, 0.15) is 37.3 Å². The summed E-state index contributed by atoms with van der Waals surface area (Å²) in [6, 6.07) is 19.2. The first-order chi connectivity index (χ1) is 14.8. The summed E-state index contributed by atoms with van der Waals surface area (Å²) in [7, 11) is 0. The molecule has 1 aliphatic heterocycles. The lowest BCUT2D eigenvalue weighted by Gasteiger charge is -2.26. The molecule has 0 bridgehead atoms. The van der Waals surface area contributed by atoms with Crippen molar-refractivity contribution < 1.29 is 0 Å². The van der Waals surface area contributed by atoms with Crippen LogP contribution >= 0.6 is 11.6 Å². The van der Waals surface area contributed by atoms with Crippen molar-refractivity contribution in [3.63, 3.8) is 0 Å². The molecule has 1 saturated heterocycles. The number of halogens is 1. The lowest BCUT2D eigenvalue weighted by atomic mass is 9.90. The number of hydrogen-bond acceptors (Lipinski definition) is 4. The van der Waals surface area contributed by atoms with E-state index in [0.717, 1.165) is 35.6 Å². The number of pyridine rings is 1. The van der Waals surface area contributed by atoms with Crippen LogP contribution in [-0.2, 0) is 0 Å². The lowest BCUT2D eigenvalue weighted by Crippen LogP contribution is -2.30. The molecular formula is C25H31ClN4. The molecule has 5 heteroatoms. The van der Waals surface area contributed by atoms with Crippen molar-refractivity contribution in [3.8, 4) is 0 Å². The number of piperidine rings is 1. The van der Waals surface area contributed by atoms with Gasteiger partial charge in [-0.2, -0.15) is 0 Å². The van der Waals surface area contributed by atoms with E-state index in [1.807, 2.05) is 30.5 Å². The highest BCUT2D eigenvalue weighted by Crippen LogP contribution is 2.26. The Hall–Kier alpha value is -2.14. The van der Waals surface area contributed by atoms with Crippen LogP contribution in [0.4, 0.5) is 5.69 Å². The third kappa shape index (κ3) is 5.72. The SMILES string of the molecule is Clc1ccc2c(NCCNC(CCC3CCNCC3)c3ccccc3)ccnc2c1. The van der Waals surface area contributed by atoms with E-state index in [1.54, 1.807) is 0 Å². The summed E-state index contributed by atoms with van der Waals surface area (Å²) in [5.74, 6) is 0.854. The third-order valence-corrected chi connectivity index (χ3v) is 6.30. The number of nitrogens with one attached hydrogen (secondary N) is 3. The van der Waals surface area contributed by atoms with Crippen molar-refractivity contribution in [1.29, 1.82) is 0 Å². The highest BCUT2D eigenvalue weighted by Gasteiger charge is 2.17. The minimum Gasteiger partial charge on any atom is -0.383 e. The predicted octanol–water partition coefficient (Wildman–Crippen LogP) is 5.41. The average molecular weight is 423 g/mol. The van der Waals surface area contributed by atoms with Gasteiger partial charge in [0.2, 0.25) is 0 Å². The van der Waals surface area contributed by atoms with Crippen molar-refractivity contribution in [2.75, 3.05) is 31.5 Å². The molecule has 1 fully saturated rings. The zero-order chi connectivity index (χ0) is 20.6. The van der Waals surface area contributed by atoms with E-state index in [9.17, 15) is 0 Å². The first kappa shape index (κ1) is 21.1. The Morgan fingerprint density at radius 1 is 1.03 bits per heavy atom. The second-order valence-electron chi connectivity index (χ2n) is 8.13. The zero-order valence-electron chi connectivity index (χ0n) is 17.4. The Kier molecular flexibility index (Phi) is 7.57. The molecule has 2 heterocycles. The molecule has 30 heavy (non-hydrogen) atoms. The van der Waals surface area contributed by atoms with Crippen molar-refractivity contribution in [2.24, 2.45) is 5.92 Å². The summed E-state index contributed by atoms with van der Waals surface area (Å²) in [5.41, 5.74) is 3.41. The van der Waals surface area contributed by atoms with E-state index in [0.29, 0.717) is 11.1 Å². The first-order valence-electron chi connectivity index (χ1n) is 11.1. The van der Waals surface area contributed by atoms with Gasteiger partial charge < -0.3 is 16.0 Å². The number of aromatic nitrogens is 1. The predicted molar refractivity (Wildman–Crippen MR) is 127 cm³/mol. The number of hydrogen-bond donors (Lipinski definition) is 3. The summed E-state index contributed by atoms with van der Waals surface area (Å²) in [6.45, 7) is 4.11. The number of benzene rings is 2. The number of anilines is 1. The van der Waals surface area contributed by atoms with Crippen LogP contribution in [0.2, 0.25) is 5.02 Å². The fourth-order valence-electron chi connectivity index (χ4n) is 4.36. The molecule has 1 aromatic heterocycles. The fraction of sp³-hybridized carbons (Fsp3) is 0.400. The minimum absolute atomic E-state index is 0.399. The van der Waals surface area contributed by atoms with Gasteiger partial charge in [-0.3, -0.25) is 4.98 Å². The molecule has 1 atom stereocenters. The minimum atomic E-state index is 0.399. The van der Waals surface area contributed by atoms with Gasteiger partial charge in [0, 0.05) is 41.4 Å². The quantitative estimate of drug-likeness (QED) is 0.403. The standard InChI is InChI=1S/C25H31ClN4/c26-21-7-8-22-24(12-15-28-25(22)18-21)30-17-16-29-23(20-4-2-1-3-5-20)9-6-19-10-13-27-14-11-19/h1-5,7-8,12,15,18-19,23,27,29H,6,9-11,13-14,16-17H2,(H,28,30). The molecule has 4 rings (SSSR count). The van der Waals surface area contributed by atoms with Gasteiger partial charge in [0.15, 0.2) is 0 Å². The number of nitrogens with zero attached hydrogens (tertiary/aromatic N) is 1. The first-order valence-corrected chi connectivity index (χ1v) is 11.4. The molecule has 1 unspecified atom stereocenters. The van der Waals surface area contributed by atoms with E-state index in [-0.39, 0.29) is 0 Å². The molecular weight excluding hydrogens is 392 g/mol. The maximum absolute atomic E-state index is 6.10. The van der Waals surface area contributed by atoms with E-state index in [1.165, 1.54) is 44.3 Å². The van der Waals surface area contributed by atoms with Crippen molar-refractivity contribution in [3.05, 3.63) is 71.4 Å². The summed E-state index contributed by atoms with van der Waals surface area (Å²) in [6.07, 6.45) is 6.92. The molecule has 3 aromatic rings. The lowest BCUT2D eigenvalue weighted by molar-refractivity contribution is 0.327. The van der Waals surface area contributed by atoms with E-state index < -0.39 is 0 Å². The van der Waals surface area contributed by atoms with Gasteiger partial charge >= 0.3 is 0 Å². The molecule has 0 aliphatic carbocycles. The number of fused-ring (bicyclic) bond motifs is 1. The zero-order valence-corrected chi connectivity index (χ0v) is 18.2. The van der Waals surface area contributed by atoms with Gasteiger partial charge in [-0.05, 0) is 74.5 Å². The summed E-state index contributed by atoms with van der Waals surface area (Å²) < 4.78 is 0. The van der Waals surface area contributed by atoms with Gasteiger partial charge in [0.05, 0.1) is 5.52 Å². The molecule has 1 aliphatic rings. The van der Waals surface area contributed by atoms with Crippen LogP contribution in [-0.4, -0.2) is 31.2 Å². The monoisotopic (exact) mass is 422 g/mol. The van der Waals surface area contributed by atoms with Crippen LogP contribution in [0.3, 0.4) is 0 Å². The van der Waals surface area contributed by atoms with Gasteiger partial charge in [0.1, 0.15) is 0 Å². The Morgan fingerprint density at radius 3 is 2.70 bits per heavy atom. The van der Waals surface area contributed by atoms with Crippen molar-refractivity contribution in [1.82, 2.24) is 15.6 Å². The normalized spacial score (nSPS) is 15.9. The summed E-state index contributed by atoms with van der Waals surface area (Å²) in [4.78, 5) is 4.42. The second kappa shape index (κ2) is 10.8. The Bertz CT molecular complexity index is 925. The molecule has 0 amide bonds. The topological polar surface area (TPSA) is 49.0 Å². The summed E-state index contributed by atoms with van der Waals surface area (Å²) in [5, 5.41) is 12.6. The Balaban J connectivity index is 1.33. The van der Waals surface area contributed by atoms with Crippen molar-refractivity contribution >= 4 is 28.2 Å². The Labute approximate surface area is 184 Å². The maximum Gasteiger partial charge on any atom is 0.0737 e. The molecule has 0 saturated carbocycles. The third-order valence-electron chi connectivity index (χ3n) is 6.06. The summed E-state index contributed by atoms with van der Waals surface area (Å²) >= 11 is 6.10. The second-order valence-corrected chi connectivity index (χ2v) is 8.57.